The van der Waals surface area contributed by atoms with E-state index >= 15 is 0 Å². The van der Waals surface area contributed by atoms with E-state index in [2.05, 4.69) is 21.4 Å². The fourth-order valence-corrected chi connectivity index (χ4v) is 1.66. The molecule has 0 saturated carbocycles. The Labute approximate surface area is 110 Å². The lowest BCUT2D eigenvalue weighted by Crippen LogP contribution is -2.06. The summed E-state index contributed by atoms with van der Waals surface area (Å²) in [6.07, 6.45) is 2.28. The lowest BCUT2D eigenvalue weighted by atomic mass is 10.1. The van der Waals surface area contributed by atoms with E-state index in [4.69, 9.17) is 16.9 Å². The fourth-order valence-electron chi connectivity index (χ4n) is 1.51. The van der Waals surface area contributed by atoms with Gasteiger partial charge in [0.25, 0.3) is 0 Å². The smallest absolute Gasteiger partial charge is 0.134 e. The van der Waals surface area contributed by atoms with E-state index in [-0.39, 0.29) is 0 Å². The van der Waals surface area contributed by atoms with Crippen molar-refractivity contribution in [2.75, 3.05) is 11.9 Å². The molecule has 0 atom stereocenters. The van der Waals surface area contributed by atoms with Gasteiger partial charge in [0.2, 0.25) is 0 Å². The lowest BCUT2D eigenvalue weighted by molar-refractivity contribution is 0.999. The summed E-state index contributed by atoms with van der Waals surface area (Å²) in [5.74, 6) is 0.712. The third-order valence-electron chi connectivity index (χ3n) is 2.44. The number of anilines is 1. The molecule has 0 amide bonds. The Morgan fingerprint density at radius 2 is 2.00 bits per heavy atom. The van der Waals surface area contributed by atoms with E-state index in [1.165, 1.54) is 11.9 Å². The normalized spacial score (nSPS) is 9.78. The number of nitrogens with zero attached hydrogens (tertiary/aromatic N) is 3. The lowest BCUT2D eigenvalue weighted by Gasteiger charge is -2.05. The van der Waals surface area contributed by atoms with Gasteiger partial charge in [-0.1, -0.05) is 23.7 Å². The van der Waals surface area contributed by atoms with E-state index < -0.39 is 0 Å². The number of hydrogen-bond acceptors (Lipinski definition) is 4. The molecule has 0 aliphatic rings. The van der Waals surface area contributed by atoms with Crippen LogP contribution < -0.4 is 5.32 Å². The van der Waals surface area contributed by atoms with Crippen LogP contribution in [0.15, 0.2) is 36.7 Å². The summed E-state index contributed by atoms with van der Waals surface area (Å²) in [6, 6.07) is 11.3. The van der Waals surface area contributed by atoms with E-state index in [9.17, 15) is 0 Å². The monoisotopic (exact) mass is 258 g/mol. The van der Waals surface area contributed by atoms with Crippen molar-refractivity contribution in [3.05, 3.63) is 52.9 Å². The van der Waals surface area contributed by atoms with Crippen LogP contribution in [0.3, 0.4) is 0 Å². The summed E-state index contributed by atoms with van der Waals surface area (Å²) in [6.45, 7) is 0.749. The van der Waals surface area contributed by atoms with Crippen molar-refractivity contribution in [2.24, 2.45) is 0 Å². The van der Waals surface area contributed by atoms with Crippen molar-refractivity contribution >= 4 is 17.4 Å². The highest BCUT2D eigenvalue weighted by Crippen LogP contribution is 2.09. The first kappa shape index (κ1) is 12.3. The molecular formula is C13H11ClN4. The van der Waals surface area contributed by atoms with Crippen molar-refractivity contribution in [3.8, 4) is 6.07 Å². The molecule has 0 aliphatic carbocycles. The van der Waals surface area contributed by atoms with Gasteiger partial charge in [0.15, 0.2) is 0 Å². The average Bonchev–Trinajstić information content (AvgIpc) is 2.40. The SMILES string of the molecule is N#Cc1ccc(CCNc2cc(Cl)ncn2)cc1. The molecule has 0 aliphatic heterocycles. The Morgan fingerprint density at radius 1 is 1.22 bits per heavy atom. The van der Waals surface area contributed by atoms with E-state index in [1.54, 1.807) is 6.07 Å². The molecule has 4 nitrogen and oxygen atoms in total. The van der Waals surface area contributed by atoms with Crippen molar-refractivity contribution in [1.82, 2.24) is 9.97 Å². The first-order valence-corrected chi connectivity index (χ1v) is 5.86. The first-order chi connectivity index (χ1) is 8.78. The second kappa shape index (κ2) is 5.99. The zero-order valence-corrected chi connectivity index (χ0v) is 10.4. The van der Waals surface area contributed by atoms with Gasteiger partial charge in [-0.05, 0) is 24.1 Å². The standard InChI is InChI=1S/C13H11ClN4/c14-12-7-13(18-9-17-12)16-6-5-10-1-3-11(8-15)4-2-10/h1-4,7,9H,5-6H2,(H,16,17,18). The number of hydrogen-bond donors (Lipinski definition) is 1. The van der Waals surface area contributed by atoms with E-state index in [1.807, 2.05) is 24.3 Å². The van der Waals surface area contributed by atoms with Gasteiger partial charge in [-0.15, -0.1) is 0 Å². The highest BCUT2D eigenvalue weighted by molar-refractivity contribution is 6.29. The number of halogens is 1. The van der Waals surface area contributed by atoms with Crippen molar-refractivity contribution in [3.63, 3.8) is 0 Å². The minimum absolute atomic E-state index is 0.422. The average molecular weight is 259 g/mol. The molecule has 5 heteroatoms. The Hall–Kier alpha value is -2.12. The molecule has 0 unspecified atom stereocenters. The van der Waals surface area contributed by atoms with E-state index in [0.717, 1.165) is 13.0 Å². The summed E-state index contributed by atoms with van der Waals surface area (Å²) in [5, 5.41) is 12.3. The summed E-state index contributed by atoms with van der Waals surface area (Å²) in [5.41, 5.74) is 1.84. The van der Waals surface area contributed by atoms with Crippen molar-refractivity contribution in [2.45, 2.75) is 6.42 Å². The molecule has 18 heavy (non-hydrogen) atoms. The molecule has 0 spiro atoms. The maximum absolute atomic E-state index is 8.69. The first-order valence-electron chi connectivity index (χ1n) is 5.48. The maximum atomic E-state index is 8.69. The number of benzene rings is 1. The molecule has 90 valence electrons. The zero-order chi connectivity index (χ0) is 12.8. The molecule has 1 aromatic heterocycles. The van der Waals surface area contributed by atoms with Gasteiger partial charge < -0.3 is 5.32 Å². The Morgan fingerprint density at radius 3 is 2.67 bits per heavy atom. The minimum atomic E-state index is 0.422. The van der Waals surface area contributed by atoms with Crippen LogP contribution in [-0.4, -0.2) is 16.5 Å². The van der Waals surface area contributed by atoms with Crippen LogP contribution in [0, 0.1) is 11.3 Å². The Kier molecular flexibility index (Phi) is 4.11. The van der Waals surface area contributed by atoms with Gasteiger partial charge in [0.1, 0.15) is 17.3 Å². The number of rotatable bonds is 4. The van der Waals surface area contributed by atoms with E-state index in [0.29, 0.717) is 16.5 Å². The summed E-state index contributed by atoms with van der Waals surface area (Å²) >= 11 is 5.75. The minimum Gasteiger partial charge on any atom is -0.370 e. The van der Waals surface area contributed by atoms with Crippen LogP contribution in [0.5, 0.6) is 0 Å². The number of nitriles is 1. The molecule has 0 saturated heterocycles. The fraction of sp³-hybridized carbons (Fsp3) is 0.154. The molecule has 1 heterocycles. The second-order valence-electron chi connectivity index (χ2n) is 3.71. The number of nitrogens with one attached hydrogen (secondary N) is 1. The van der Waals surface area contributed by atoms with Crippen LogP contribution in [-0.2, 0) is 6.42 Å². The van der Waals surface area contributed by atoms with Crippen LogP contribution in [0.25, 0.3) is 0 Å². The highest BCUT2D eigenvalue weighted by atomic mass is 35.5. The predicted molar refractivity (Wildman–Crippen MR) is 70.4 cm³/mol. The molecule has 0 fully saturated rings. The molecular weight excluding hydrogens is 248 g/mol. The third-order valence-corrected chi connectivity index (χ3v) is 2.64. The molecule has 1 aromatic carbocycles. The summed E-state index contributed by atoms with van der Waals surface area (Å²) in [4.78, 5) is 7.86. The van der Waals surface area contributed by atoms with Gasteiger partial charge in [-0.25, -0.2) is 9.97 Å². The molecule has 2 rings (SSSR count). The maximum Gasteiger partial charge on any atom is 0.134 e. The third kappa shape index (κ3) is 3.44. The van der Waals surface area contributed by atoms with Crippen molar-refractivity contribution < 1.29 is 0 Å². The quantitative estimate of drug-likeness (QED) is 0.857. The summed E-state index contributed by atoms with van der Waals surface area (Å²) in [7, 11) is 0. The predicted octanol–water partition coefficient (Wildman–Crippen LogP) is 2.66. The molecule has 1 N–H and O–H groups in total. The van der Waals surface area contributed by atoms with Crippen LogP contribution >= 0.6 is 11.6 Å². The zero-order valence-electron chi connectivity index (χ0n) is 9.60. The van der Waals surface area contributed by atoms with Crippen LogP contribution in [0.2, 0.25) is 5.15 Å². The van der Waals surface area contributed by atoms with Gasteiger partial charge in [0, 0.05) is 12.6 Å². The second-order valence-corrected chi connectivity index (χ2v) is 4.10. The van der Waals surface area contributed by atoms with Gasteiger partial charge >= 0.3 is 0 Å². The number of aromatic nitrogens is 2. The van der Waals surface area contributed by atoms with Crippen LogP contribution in [0.4, 0.5) is 5.82 Å². The van der Waals surface area contributed by atoms with Gasteiger partial charge in [0.05, 0.1) is 11.6 Å². The van der Waals surface area contributed by atoms with Gasteiger partial charge in [-0.2, -0.15) is 5.26 Å². The summed E-state index contributed by atoms with van der Waals surface area (Å²) < 4.78 is 0. The highest BCUT2D eigenvalue weighted by Gasteiger charge is 1.97. The largest absolute Gasteiger partial charge is 0.370 e. The Bertz CT molecular complexity index is 560. The molecule has 0 bridgehead atoms. The molecule has 2 aromatic rings. The Balaban J connectivity index is 1.86. The topological polar surface area (TPSA) is 61.6 Å². The van der Waals surface area contributed by atoms with Crippen LogP contribution in [0.1, 0.15) is 11.1 Å². The van der Waals surface area contributed by atoms with Crippen molar-refractivity contribution in [1.29, 1.82) is 5.26 Å². The van der Waals surface area contributed by atoms with Gasteiger partial charge in [-0.3, -0.25) is 0 Å². The molecule has 0 radical (unpaired) electrons.